The first-order valence-corrected chi connectivity index (χ1v) is 31.0. The van der Waals surface area contributed by atoms with Gasteiger partial charge in [0.25, 0.3) is 5.92 Å². The second kappa shape index (κ2) is 28.5. The molecule has 4 atom stereocenters. The van der Waals surface area contributed by atoms with Crippen LogP contribution < -0.4 is 16.0 Å². The Morgan fingerprint density at radius 2 is 0.966 bits per heavy atom. The Morgan fingerprint density at radius 1 is 0.602 bits per heavy atom. The van der Waals surface area contributed by atoms with Gasteiger partial charge in [0.2, 0.25) is 0 Å². The molecule has 19 nitrogen and oxygen atoms in total. The monoisotopic (exact) mass is 1330 g/mol. The number of aliphatic imine (C=N–C) groups is 3. The molecule has 88 heavy (non-hydrogen) atoms. The zero-order valence-corrected chi connectivity index (χ0v) is 52.5. The zero-order chi connectivity index (χ0) is 63.6. The Balaban J connectivity index is 0.000000176. The van der Waals surface area contributed by atoms with Gasteiger partial charge in [0.05, 0.1) is 43.1 Å². The summed E-state index contributed by atoms with van der Waals surface area (Å²) >= 11 is 7.62. The Hall–Kier alpha value is -7.89. The quantitative estimate of drug-likeness (QED) is 0.0271. The van der Waals surface area contributed by atoms with Crippen LogP contribution in [0.25, 0.3) is 0 Å². The van der Waals surface area contributed by atoms with E-state index in [9.17, 15) is 41.1 Å². The molecule has 28 heteroatoms. The van der Waals surface area contributed by atoms with Gasteiger partial charge in [-0.1, -0.05) is 52.3 Å². The summed E-state index contributed by atoms with van der Waals surface area (Å²) in [4.78, 5) is 77.9. The maximum absolute atomic E-state index is 14.6. The molecule has 7 heterocycles. The maximum atomic E-state index is 14.6. The molecule has 1 unspecified atom stereocenters. The first-order chi connectivity index (χ1) is 42.0. The van der Waals surface area contributed by atoms with Gasteiger partial charge in [-0.3, -0.25) is 4.90 Å². The second-order valence-corrected chi connectivity index (χ2v) is 23.4. The highest BCUT2D eigenvalue weighted by molar-refractivity contribution is 9.09. The molecule has 0 saturated carbocycles. The third-order valence-corrected chi connectivity index (χ3v) is 17.0. The number of thiazole rings is 3. The average Bonchev–Trinajstić information content (AvgIpc) is 2.33. The third kappa shape index (κ3) is 14.8. The standard InChI is InChI=1S/C24H25F3N4O5S.C18H17BrFN3O2S.C18H18FN3O2S/c1-3-35-22(34)19-16(10-31-11-17(24(26,27)13-31)36-12-18(32)33)29-20(21-28-8-9-37-21)30-23(19,2)14-4-6-15(25)7-5-14;1-3-25-17(24)14-13(10-19)22-15(16-21-8-9-26-16)23-18(14,2)11-4-6-12(20)7-5-11;1-4-24-17(23)14-11(2)21-15(16-20-9-10-25-16)22-18(14,3)12-5-7-13(19)8-6-12/h4-9,17H,3,10-13H2,1-2H3,(H,29,30)(H,32,33);4-9H,3,10H2,1-2H3,(H,22,23);5-10H,4H2,1-3H3,(H,21,22)/t17?,23-;2*18-/m000/s1. The van der Waals surface area contributed by atoms with E-state index >= 15 is 0 Å². The molecule has 6 aromatic rings. The number of nitrogens with one attached hydrogen (secondary N) is 3. The lowest BCUT2D eigenvalue weighted by atomic mass is 9.82. The highest BCUT2D eigenvalue weighted by Crippen LogP contribution is 2.43. The number of carboxylic acids is 1. The molecule has 3 aromatic carbocycles. The number of ether oxygens (including phenoxy) is 4. The number of aliphatic carboxylic acids is 1. The molecular weight excluding hydrogens is 1280 g/mol. The van der Waals surface area contributed by atoms with Crippen LogP contribution in [0.4, 0.5) is 22.0 Å². The molecule has 4 N–H and O–H groups in total. The number of carboxylic acid groups (broad SMARTS) is 1. The topological polar surface area (TPSA) is 241 Å². The molecule has 3 aromatic heterocycles. The van der Waals surface area contributed by atoms with E-state index < -0.39 is 71.5 Å². The predicted octanol–water partition coefficient (Wildman–Crippen LogP) is 9.93. The van der Waals surface area contributed by atoms with E-state index in [1.807, 2.05) is 24.6 Å². The van der Waals surface area contributed by atoms with Crippen molar-refractivity contribution in [3.8, 4) is 0 Å². The first kappa shape index (κ1) is 66.1. The fourth-order valence-electron chi connectivity index (χ4n) is 10.1. The van der Waals surface area contributed by atoms with Crippen molar-refractivity contribution < 1.29 is 65.2 Å². The summed E-state index contributed by atoms with van der Waals surface area (Å²) in [5, 5.41) is 26.0. The van der Waals surface area contributed by atoms with Gasteiger partial charge in [-0.2, -0.15) is 0 Å². The smallest absolute Gasteiger partial charge is 0.338 e. The van der Waals surface area contributed by atoms with Gasteiger partial charge in [-0.15, -0.1) is 34.0 Å². The summed E-state index contributed by atoms with van der Waals surface area (Å²) in [6.07, 6.45) is 3.33. The number of alkyl halides is 3. The lowest BCUT2D eigenvalue weighted by molar-refractivity contribution is -0.153. The molecule has 1 fully saturated rings. The molecule has 4 aliphatic rings. The Morgan fingerprint density at radius 3 is 1.33 bits per heavy atom. The molecule has 0 bridgehead atoms. The summed E-state index contributed by atoms with van der Waals surface area (Å²) in [7, 11) is 0. The van der Waals surface area contributed by atoms with E-state index in [-0.39, 0.29) is 55.8 Å². The van der Waals surface area contributed by atoms with Crippen molar-refractivity contribution in [3.05, 3.63) is 191 Å². The van der Waals surface area contributed by atoms with Gasteiger partial charge in [-0.05, 0) is 102 Å². The number of allylic oxidation sites excluding steroid dienone is 2. The molecule has 464 valence electrons. The normalized spacial score (nSPS) is 21.4. The van der Waals surface area contributed by atoms with Gasteiger partial charge < -0.3 is 40.0 Å². The molecule has 0 aliphatic carbocycles. The van der Waals surface area contributed by atoms with Crippen molar-refractivity contribution in [2.24, 2.45) is 15.0 Å². The van der Waals surface area contributed by atoms with Crippen LogP contribution in [0.15, 0.2) is 156 Å². The minimum Gasteiger partial charge on any atom is -0.480 e. The Kier molecular flexibility index (Phi) is 21.4. The highest BCUT2D eigenvalue weighted by atomic mass is 79.9. The van der Waals surface area contributed by atoms with Crippen molar-refractivity contribution in [1.82, 2.24) is 35.8 Å². The number of benzene rings is 3. The van der Waals surface area contributed by atoms with Crippen LogP contribution in [0.1, 0.15) is 80.2 Å². The van der Waals surface area contributed by atoms with Crippen molar-refractivity contribution in [3.63, 3.8) is 0 Å². The van der Waals surface area contributed by atoms with Crippen molar-refractivity contribution in [1.29, 1.82) is 0 Å². The van der Waals surface area contributed by atoms with Crippen LogP contribution in [0.5, 0.6) is 0 Å². The van der Waals surface area contributed by atoms with Crippen molar-refractivity contribution >= 4 is 91.3 Å². The highest BCUT2D eigenvalue weighted by Gasteiger charge is 2.51. The van der Waals surface area contributed by atoms with Gasteiger partial charge in [0.15, 0.2) is 32.5 Å². The molecule has 0 radical (unpaired) electrons. The van der Waals surface area contributed by atoms with Gasteiger partial charge in [0, 0.05) is 70.2 Å². The summed E-state index contributed by atoms with van der Waals surface area (Å²) in [5.74, 6) is -5.97. The minimum absolute atomic E-state index is 0.0606. The van der Waals surface area contributed by atoms with Crippen LogP contribution in [0.2, 0.25) is 0 Å². The van der Waals surface area contributed by atoms with Crippen LogP contribution >= 0.6 is 49.9 Å². The number of nitrogens with zero attached hydrogens (tertiary/aromatic N) is 7. The van der Waals surface area contributed by atoms with E-state index in [1.165, 1.54) is 87.4 Å². The number of rotatable bonds is 18. The van der Waals surface area contributed by atoms with E-state index in [2.05, 4.69) is 46.8 Å². The second-order valence-electron chi connectivity index (χ2n) is 20.1. The lowest BCUT2D eigenvalue weighted by Crippen LogP contribution is -2.45. The minimum atomic E-state index is -3.30. The van der Waals surface area contributed by atoms with E-state index in [0.29, 0.717) is 72.1 Å². The summed E-state index contributed by atoms with van der Waals surface area (Å²) in [6, 6.07) is 17.5. The number of halogens is 6. The van der Waals surface area contributed by atoms with E-state index in [1.54, 1.807) is 82.9 Å². The van der Waals surface area contributed by atoms with Gasteiger partial charge in [-0.25, -0.2) is 71.1 Å². The van der Waals surface area contributed by atoms with Crippen LogP contribution in [-0.2, 0) is 54.7 Å². The Bertz CT molecular complexity index is 3680. The number of hydrogen-bond donors (Lipinski definition) is 4. The molecule has 10 rings (SSSR count). The van der Waals surface area contributed by atoms with Crippen molar-refractivity contribution in [2.75, 3.05) is 51.4 Å². The van der Waals surface area contributed by atoms with Crippen LogP contribution in [0.3, 0.4) is 0 Å². The number of amidine groups is 3. The Labute approximate surface area is 523 Å². The van der Waals surface area contributed by atoms with Crippen molar-refractivity contribution in [2.45, 2.75) is 77.1 Å². The average molecular weight is 1340 g/mol. The number of esters is 3. The summed E-state index contributed by atoms with van der Waals surface area (Å²) in [6.45, 7) is 10.9. The van der Waals surface area contributed by atoms with Crippen LogP contribution in [-0.4, -0.2) is 130 Å². The zero-order valence-electron chi connectivity index (χ0n) is 48.5. The molecule has 0 amide bonds. The number of likely N-dealkylation sites (tertiary alicyclic amines) is 1. The van der Waals surface area contributed by atoms with Crippen LogP contribution in [0, 0.1) is 17.5 Å². The number of carbonyl (C=O) groups excluding carboxylic acids is 3. The number of hydrogen-bond acceptors (Lipinski definition) is 21. The SMILES string of the molecule is CCOC(=O)C1=C(C)NC(c2nccs2)=N[C@@]1(C)c1ccc(F)cc1.CCOC(=O)C1=C(CBr)NC(c2nccs2)=N[C@@]1(C)c1ccc(F)cc1.CCOC(=O)C1=C(CN2CC(OCC(=O)O)C(F)(F)C2)NC(c2nccs2)=N[C@@]1(C)c1ccc(F)cc1. The first-order valence-electron chi connectivity index (χ1n) is 27.3. The molecule has 0 spiro atoms. The number of aromatic nitrogens is 3. The van der Waals surface area contributed by atoms with Gasteiger partial charge in [0.1, 0.15) is 46.8 Å². The summed E-state index contributed by atoms with van der Waals surface area (Å²) < 4.78 is 90.6. The van der Waals surface area contributed by atoms with Gasteiger partial charge >= 0.3 is 23.9 Å². The maximum Gasteiger partial charge on any atom is 0.338 e. The molecule has 1 saturated heterocycles. The largest absolute Gasteiger partial charge is 0.480 e. The lowest BCUT2D eigenvalue weighted by Gasteiger charge is -2.36. The fourth-order valence-corrected chi connectivity index (χ4v) is 12.3. The third-order valence-electron chi connectivity index (χ3n) is 14.1. The molecule has 4 aliphatic heterocycles. The van der Waals surface area contributed by atoms with E-state index in [4.69, 9.17) is 39.0 Å². The summed E-state index contributed by atoms with van der Waals surface area (Å²) in [5.41, 5.74) is 0.918. The molecular formula is C60H60BrF5N10O9S3. The number of carbonyl (C=O) groups is 4. The fraction of sp³-hybridized carbons (Fsp3) is 0.333. The predicted molar refractivity (Wildman–Crippen MR) is 326 cm³/mol. The van der Waals surface area contributed by atoms with E-state index in [0.717, 1.165) is 5.01 Å².